The van der Waals surface area contributed by atoms with E-state index in [1.54, 1.807) is 25.4 Å². The van der Waals surface area contributed by atoms with Crippen molar-refractivity contribution in [3.05, 3.63) is 68.3 Å². The number of rotatable bonds is 6. The first-order valence-electron chi connectivity index (χ1n) is 9.06. The van der Waals surface area contributed by atoms with Gasteiger partial charge in [-0.1, -0.05) is 41.3 Å². The number of thioether (sulfide) groups is 1. The van der Waals surface area contributed by atoms with E-state index in [1.807, 2.05) is 35.8 Å². The van der Waals surface area contributed by atoms with Gasteiger partial charge in [-0.15, -0.1) is 0 Å². The van der Waals surface area contributed by atoms with E-state index in [0.29, 0.717) is 31.8 Å². The second-order valence-electron chi connectivity index (χ2n) is 6.55. The summed E-state index contributed by atoms with van der Waals surface area (Å²) in [5, 5.41) is 3.24. The summed E-state index contributed by atoms with van der Waals surface area (Å²) in [7, 11) is 1.65. The monoisotopic (exact) mass is 458 g/mol. The Kier molecular flexibility index (Phi) is 5.89. The summed E-state index contributed by atoms with van der Waals surface area (Å²) in [5.74, 6) is 0.629. The average molecular weight is 459 g/mol. The number of nitrogens with zero attached hydrogens (tertiary/aromatic N) is 3. The number of carbonyl (C=O) groups is 1. The van der Waals surface area contributed by atoms with Gasteiger partial charge in [-0.3, -0.25) is 18.7 Å². The zero-order valence-electron chi connectivity index (χ0n) is 16.2. The van der Waals surface area contributed by atoms with Crippen LogP contribution < -0.4 is 10.9 Å². The van der Waals surface area contributed by atoms with Crippen molar-refractivity contribution in [3.8, 4) is 5.69 Å². The Labute approximate surface area is 185 Å². The average Bonchev–Trinajstić information content (AvgIpc) is 3.36. The van der Waals surface area contributed by atoms with Gasteiger partial charge in [-0.05, 0) is 42.9 Å². The lowest BCUT2D eigenvalue weighted by atomic mass is 10.2. The largest absolute Gasteiger partial charge is 0.467 e. The third kappa shape index (κ3) is 3.98. The van der Waals surface area contributed by atoms with Crippen molar-refractivity contribution in [3.63, 3.8) is 0 Å². The Morgan fingerprint density at radius 1 is 1.30 bits per heavy atom. The van der Waals surface area contributed by atoms with Crippen LogP contribution in [0.2, 0.25) is 0 Å². The summed E-state index contributed by atoms with van der Waals surface area (Å²) in [4.78, 5) is 29.8. The lowest BCUT2D eigenvalue weighted by molar-refractivity contribution is -0.118. The molecular formula is C20H18N4O3S3. The van der Waals surface area contributed by atoms with Crippen molar-refractivity contribution in [2.45, 2.75) is 18.6 Å². The molecule has 0 unspecified atom stereocenters. The zero-order chi connectivity index (χ0) is 21.3. The van der Waals surface area contributed by atoms with Crippen LogP contribution in [-0.2, 0) is 18.4 Å². The molecule has 3 aromatic heterocycles. The molecule has 1 aromatic carbocycles. The van der Waals surface area contributed by atoms with Crippen LogP contribution in [0.25, 0.3) is 16.0 Å². The van der Waals surface area contributed by atoms with Crippen LogP contribution in [-0.4, -0.2) is 25.8 Å². The molecule has 0 bridgehead atoms. The number of fused-ring (bicyclic) bond motifs is 1. The van der Waals surface area contributed by atoms with Crippen molar-refractivity contribution in [1.29, 1.82) is 0 Å². The predicted molar refractivity (Wildman–Crippen MR) is 121 cm³/mol. The number of nitrogens with one attached hydrogen (secondary N) is 1. The van der Waals surface area contributed by atoms with Crippen LogP contribution >= 0.6 is 35.3 Å². The van der Waals surface area contributed by atoms with E-state index in [2.05, 4.69) is 10.3 Å². The number of aryl methyl sites for hydroxylation is 1. The van der Waals surface area contributed by atoms with Gasteiger partial charge in [-0.25, -0.2) is 4.98 Å². The number of benzene rings is 1. The van der Waals surface area contributed by atoms with Crippen molar-refractivity contribution < 1.29 is 9.21 Å². The van der Waals surface area contributed by atoms with E-state index in [-0.39, 0.29) is 17.2 Å². The fourth-order valence-corrected chi connectivity index (χ4v) is 5.08. The van der Waals surface area contributed by atoms with Gasteiger partial charge >= 0.3 is 0 Å². The minimum Gasteiger partial charge on any atom is -0.467 e. The third-order valence-corrected chi connectivity index (χ3v) is 6.88. The number of carbonyl (C=O) groups excluding carboxylic acids is 1. The van der Waals surface area contributed by atoms with Gasteiger partial charge in [0.05, 0.1) is 24.2 Å². The van der Waals surface area contributed by atoms with Crippen LogP contribution in [0.3, 0.4) is 0 Å². The fourth-order valence-electron chi connectivity index (χ4n) is 2.95. The van der Waals surface area contributed by atoms with Crippen LogP contribution in [0.15, 0.2) is 57.0 Å². The quantitative estimate of drug-likeness (QED) is 0.269. The molecule has 4 aromatic rings. The highest BCUT2D eigenvalue weighted by atomic mass is 32.2. The molecule has 7 nitrogen and oxygen atoms in total. The number of furan rings is 1. The van der Waals surface area contributed by atoms with Gasteiger partial charge in [0.1, 0.15) is 10.5 Å². The molecule has 0 aliphatic heterocycles. The number of aromatic nitrogens is 3. The maximum atomic E-state index is 12.9. The van der Waals surface area contributed by atoms with Gasteiger partial charge in [0.2, 0.25) is 5.91 Å². The number of hydrogen-bond donors (Lipinski definition) is 1. The number of hydrogen-bond acceptors (Lipinski definition) is 7. The highest BCUT2D eigenvalue weighted by molar-refractivity contribution is 7.99. The van der Waals surface area contributed by atoms with Crippen LogP contribution in [0.1, 0.15) is 11.3 Å². The van der Waals surface area contributed by atoms with Crippen LogP contribution in [0, 0.1) is 10.9 Å². The first kappa shape index (κ1) is 20.6. The summed E-state index contributed by atoms with van der Waals surface area (Å²) in [6, 6.07) is 11.4. The minimum atomic E-state index is -0.179. The molecule has 0 atom stereocenters. The minimum absolute atomic E-state index is 0.127. The van der Waals surface area contributed by atoms with Gasteiger partial charge in [-0.2, -0.15) is 0 Å². The predicted octanol–water partition coefficient (Wildman–Crippen LogP) is 3.83. The number of thiazole rings is 1. The van der Waals surface area contributed by atoms with Gasteiger partial charge < -0.3 is 9.73 Å². The number of para-hydroxylation sites is 1. The first-order chi connectivity index (χ1) is 14.5. The highest BCUT2D eigenvalue weighted by Gasteiger charge is 2.17. The van der Waals surface area contributed by atoms with E-state index in [9.17, 15) is 9.59 Å². The molecule has 154 valence electrons. The molecule has 0 spiro atoms. The maximum absolute atomic E-state index is 12.9. The van der Waals surface area contributed by atoms with E-state index >= 15 is 0 Å². The maximum Gasteiger partial charge on any atom is 0.273 e. The summed E-state index contributed by atoms with van der Waals surface area (Å²) in [6.07, 6.45) is 1.56. The molecule has 0 radical (unpaired) electrons. The first-order valence-corrected chi connectivity index (χ1v) is 11.3. The standard InChI is InChI=1S/C20H18N4O3S3/c1-12-6-3-4-8-14(12)24-17-16(30-20(24)28)18(26)23(2)19(22-17)29-11-15(25)21-10-13-7-5-9-27-13/h3-9H,10-11H2,1-2H3,(H,21,25). The molecule has 0 saturated heterocycles. The van der Waals surface area contributed by atoms with Crippen molar-refractivity contribution in [2.75, 3.05) is 5.75 Å². The van der Waals surface area contributed by atoms with Crippen molar-refractivity contribution in [1.82, 2.24) is 19.4 Å². The smallest absolute Gasteiger partial charge is 0.273 e. The Hall–Kier alpha value is -2.69. The van der Waals surface area contributed by atoms with Gasteiger partial charge in [0.25, 0.3) is 5.56 Å². The van der Waals surface area contributed by atoms with E-state index in [0.717, 1.165) is 11.3 Å². The summed E-state index contributed by atoms with van der Waals surface area (Å²) in [5.41, 5.74) is 2.26. The van der Waals surface area contributed by atoms with Gasteiger partial charge in [0.15, 0.2) is 14.8 Å². The fraction of sp³-hybridized carbons (Fsp3) is 0.200. The molecule has 0 aliphatic rings. The van der Waals surface area contributed by atoms with Crippen molar-refractivity contribution in [2.24, 2.45) is 7.05 Å². The molecule has 1 amide bonds. The van der Waals surface area contributed by atoms with Crippen LogP contribution in [0.4, 0.5) is 0 Å². The molecule has 10 heteroatoms. The molecule has 0 aliphatic carbocycles. The molecule has 0 saturated carbocycles. The summed E-state index contributed by atoms with van der Waals surface area (Å²) >= 11 is 7.98. The Balaban J connectivity index is 1.64. The lowest BCUT2D eigenvalue weighted by Crippen LogP contribution is -2.25. The highest BCUT2D eigenvalue weighted by Crippen LogP contribution is 2.26. The van der Waals surface area contributed by atoms with Crippen LogP contribution in [0.5, 0.6) is 0 Å². The second-order valence-corrected chi connectivity index (χ2v) is 9.13. The topological polar surface area (TPSA) is 82.1 Å². The molecule has 4 rings (SSSR count). The summed E-state index contributed by atoms with van der Waals surface area (Å²) < 4.78 is 9.55. The SMILES string of the molecule is Cc1ccccc1-n1c(=S)sc2c(=O)n(C)c(SCC(=O)NCc3ccco3)nc21. The van der Waals surface area contributed by atoms with E-state index in [4.69, 9.17) is 16.6 Å². The molecule has 1 N–H and O–H groups in total. The Morgan fingerprint density at radius 3 is 2.83 bits per heavy atom. The second kappa shape index (κ2) is 8.58. The van der Waals surface area contributed by atoms with E-state index in [1.165, 1.54) is 27.7 Å². The normalized spacial score (nSPS) is 11.1. The number of amides is 1. The summed E-state index contributed by atoms with van der Waals surface area (Å²) in [6.45, 7) is 2.30. The molecule has 3 heterocycles. The Morgan fingerprint density at radius 2 is 2.10 bits per heavy atom. The van der Waals surface area contributed by atoms with Crippen molar-refractivity contribution >= 4 is 51.6 Å². The van der Waals surface area contributed by atoms with Gasteiger partial charge in [0, 0.05) is 7.05 Å². The third-order valence-electron chi connectivity index (χ3n) is 4.50. The zero-order valence-corrected chi connectivity index (χ0v) is 18.7. The lowest BCUT2D eigenvalue weighted by Gasteiger charge is -2.10. The van der Waals surface area contributed by atoms with E-state index < -0.39 is 0 Å². The Bertz CT molecular complexity index is 1340. The molecule has 0 fully saturated rings. The molecular weight excluding hydrogens is 440 g/mol. The molecule has 30 heavy (non-hydrogen) atoms.